The van der Waals surface area contributed by atoms with Crippen molar-refractivity contribution >= 4 is 10.9 Å². The molecular weight excluding hydrogens is 222 g/mol. The van der Waals surface area contributed by atoms with Crippen LogP contribution in [-0.2, 0) is 13.1 Å². The van der Waals surface area contributed by atoms with Gasteiger partial charge in [-0.3, -0.25) is 4.68 Å². The third-order valence-electron chi connectivity index (χ3n) is 2.99. The van der Waals surface area contributed by atoms with E-state index in [0.717, 1.165) is 26.1 Å². The molecule has 3 heteroatoms. The molecule has 0 saturated carbocycles. The van der Waals surface area contributed by atoms with Gasteiger partial charge in [0.15, 0.2) is 0 Å². The Morgan fingerprint density at radius 1 is 1.28 bits per heavy atom. The van der Waals surface area contributed by atoms with Gasteiger partial charge in [0.1, 0.15) is 0 Å². The molecule has 1 N–H and O–H groups in total. The number of rotatable bonds is 6. The van der Waals surface area contributed by atoms with Crippen LogP contribution in [-0.4, -0.2) is 16.3 Å². The maximum atomic E-state index is 4.76. The maximum absolute atomic E-state index is 4.76. The Hall–Kier alpha value is -1.35. The van der Waals surface area contributed by atoms with E-state index in [1.54, 1.807) is 0 Å². The molecule has 0 unspecified atom stereocenters. The predicted molar refractivity (Wildman–Crippen MR) is 76.6 cm³/mol. The van der Waals surface area contributed by atoms with E-state index in [4.69, 9.17) is 5.10 Å². The van der Waals surface area contributed by atoms with Crippen molar-refractivity contribution in [3.63, 3.8) is 0 Å². The second-order valence-corrected chi connectivity index (χ2v) is 5.22. The lowest BCUT2D eigenvalue weighted by molar-refractivity contribution is 0.489. The predicted octanol–water partition coefficient (Wildman–Crippen LogP) is 3.19. The van der Waals surface area contributed by atoms with Crippen LogP contribution in [0.3, 0.4) is 0 Å². The van der Waals surface area contributed by atoms with Gasteiger partial charge in [-0.25, -0.2) is 0 Å². The zero-order chi connectivity index (χ0) is 13.0. The highest BCUT2D eigenvalue weighted by Gasteiger charge is 2.10. The van der Waals surface area contributed by atoms with E-state index in [0.29, 0.717) is 5.92 Å². The molecule has 0 bridgehead atoms. The summed E-state index contributed by atoms with van der Waals surface area (Å²) in [5.74, 6) is 0.616. The highest BCUT2D eigenvalue weighted by atomic mass is 15.3. The van der Waals surface area contributed by atoms with Crippen LogP contribution >= 0.6 is 0 Å². The van der Waals surface area contributed by atoms with E-state index in [1.807, 2.05) is 0 Å². The molecule has 18 heavy (non-hydrogen) atoms. The van der Waals surface area contributed by atoms with Crippen LogP contribution < -0.4 is 5.32 Å². The Morgan fingerprint density at radius 3 is 2.78 bits per heavy atom. The van der Waals surface area contributed by atoms with Gasteiger partial charge in [0, 0.05) is 18.5 Å². The van der Waals surface area contributed by atoms with E-state index in [9.17, 15) is 0 Å². The second kappa shape index (κ2) is 6.01. The first-order valence-electron chi connectivity index (χ1n) is 6.87. The lowest BCUT2D eigenvalue weighted by atomic mass is 10.2. The van der Waals surface area contributed by atoms with Crippen molar-refractivity contribution in [2.24, 2.45) is 5.92 Å². The fraction of sp³-hybridized carbons (Fsp3) is 0.533. The van der Waals surface area contributed by atoms with Gasteiger partial charge in [-0.05, 0) is 24.9 Å². The molecular formula is C15H23N3. The lowest BCUT2D eigenvalue weighted by Gasteiger charge is -2.05. The van der Waals surface area contributed by atoms with Crippen molar-refractivity contribution in [2.75, 3.05) is 6.54 Å². The average Bonchev–Trinajstić information content (AvgIpc) is 2.68. The van der Waals surface area contributed by atoms with E-state index >= 15 is 0 Å². The first-order chi connectivity index (χ1) is 8.72. The van der Waals surface area contributed by atoms with Crippen molar-refractivity contribution in [1.82, 2.24) is 15.1 Å². The summed E-state index contributed by atoms with van der Waals surface area (Å²) in [4.78, 5) is 0. The average molecular weight is 245 g/mol. The molecule has 0 spiro atoms. The van der Waals surface area contributed by atoms with Crippen LogP contribution in [0.2, 0.25) is 0 Å². The van der Waals surface area contributed by atoms with Gasteiger partial charge in [-0.1, -0.05) is 39.0 Å². The van der Waals surface area contributed by atoms with Crippen LogP contribution in [0.25, 0.3) is 10.9 Å². The van der Waals surface area contributed by atoms with Gasteiger partial charge in [-0.15, -0.1) is 0 Å². The zero-order valence-electron chi connectivity index (χ0n) is 11.6. The fourth-order valence-electron chi connectivity index (χ4n) is 2.20. The third-order valence-corrected chi connectivity index (χ3v) is 2.99. The minimum atomic E-state index is 0.616. The van der Waals surface area contributed by atoms with Gasteiger partial charge in [-0.2, -0.15) is 5.10 Å². The number of nitrogens with zero attached hydrogens (tertiary/aromatic N) is 2. The molecule has 0 atom stereocenters. The molecule has 0 aliphatic carbocycles. The molecule has 2 aromatic rings. The quantitative estimate of drug-likeness (QED) is 0.792. The highest BCUT2D eigenvalue weighted by molar-refractivity contribution is 5.81. The minimum Gasteiger partial charge on any atom is -0.311 e. The van der Waals surface area contributed by atoms with Crippen LogP contribution in [0.4, 0.5) is 0 Å². The lowest BCUT2D eigenvalue weighted by Crippen LogP contribution is -2.15. The molecule has 1 aromatic heterocycles. The van der Waals surface area contributed by atoms with E-state index in [2.05, 4.69) is 55.0 Å². The summed E-state index contributed by atoms with van der Waals surface area (Å²) in [5.41, 5.74) is 2.42. The Kier molecular flexibility index (Phi) is 4.37. The molecule has 1 aromatic carbocycles. The SMILES string of the molecule is CCCNCc1nn(CC(C)C)c2ccccc12. The Labute approximate surface area is 109 Å². The molecule has 0 fully saturated rings. The normalized spacial score (nSPS) is 11.6. The van der Waals surface area contributed by atoms with Crippen molar-refractivity contribution in [3.8, 4) is 0 Å². The van der Waals surface area contributed by atoms with Crippen LogP contribution in [0.1, 0.15) is 32.9 Å². The van der Waals surface area contributed by atoms with Gasteiger partial charge in [0.2, 0.25) is 0 Å². The third kappa shape index (κ3) is 2.91. The standard InChI is InChI=1S/C15H23N3/c1-4-9-16-10-14-13-7-5-6-8-15(13)18(17-14)11-12(2)3/h5-8,12,16H,4,9-11H2,1-3H3. The van der Waals surface area contributed by atoms with Crippen molar-refractivity contribution < 1.29 is 0 Å². The largest absolute Gasteiger partial charge is 0.311 e. The van der Waals surface area contributed by atoms with Gasteiger partial charge in [0.05, 0.1) is 11.2 Å². The zero-order valence-corrected chi connectivity index (χ0v) is 11.6. The molecule has 1 heterocycles. The summed E-state index contributed by atoms with van der Waals surface area (Å²) in [5, 5.41) is 9.47. The minimum absolute atomic E-state index is 0.616. The van der Waals surface area contributed by atoms with E-state index in [-0.39, 0.29) is 0 Å². The number of fused-ring (bicyclic) bond motifs is 1. The van der Waals surface area contributed by atoms with Gasteiger partial charge in [0.25, 0.3) is 0 Å². The van der Waals surface area contributed by atoms with E-state index < -0.39 is 0 Å². The summed E-state index contributed by atoms with van der Waals surface area (Å²) in [7, 11) is 0. The summed E-state index contributed by atoms with van der Waals surface area (Å²) < 4.78 is 2.14. The topological polar surface area (TPSA) is 29.9 Å². The van der Waals surface area contributed by atoms with E-state index in [1.165, 1.54) is 16.6 Å². The van der Waals surface area contributed by atoms with Crippen LogP contribution in [0, 0.1) is 5.92 Å². The van der Waals surface area contributed by atoms with Gasteiger partial charge >= 0.3 is 0 Å². The fourth-order valence-corrected chi connectivity index (χ4v) is 2.20. The molecule has 0 radical (unpaired) electrons. The molecule has 0 amide bonds. The Balaban J connectivity index is 2.29. The molecule has 0 aliphatic rings. The molecule has 98 valence electrons. The summed E-state index contributed by atoms with van der Waals surface area (Å²) in [6, 6.07) is 8.51. The molecule has 0 saturated heterocycles. The first-order valence-corrected chi connectivity index (χ1v) is 6.87. The number of aromatic nitrogens is 2. The van der Waals surface area contributed by atoms with Gasteiger partial charge < -0.3 is 5.32 Å². The van der Waals surface area contributed by atoms with Crippen LogP contribution in [0.15, 0.2) is 24.3 Å². The number of para-hydroxylation sites is 1. The number of benzene rings is 1. The number of hydrogen-bond acceptors (Lipinski definition) is 2. The van der Waals surface area contributed by atoms with Crippen molar-refractivity contribution in [1.29, 1.82) is 0 Å². The second-order valence-electron chi connectivity index (χ2n) is 5.22. The molecule has 2 rings (SSSR count). The first kappa shape index (κ1) is 13.1. The van der Waals surface area contributed by atoms with Crippen molar-refractivity contribution in [3.05, 3.63) is 30.0 Å². The smallest absolute Gasteiger partial charge is 0.0841 e. The summed E-state index contributed by atoms with van der Waals surface area (Å²) in [6.45, 7) is 9.53. The Bertz CT molecular complexity index is 499. The number of hydrogen-bond donors (Lipinski definition) is 1. The highest BCUT2D eigenvalue weighted by Crippen LogP contribution is 2.19. The summed E-state index contributed by atoms with van der Waals surface area (Å²) in [6.07, 6.45) is 1.16. The molecule has 0 aliphatic heterocycles. The number of nitrogens with one attached hydrogen (secondary N) is 1. The Morgan fingerprint density at radius 2 is 2.06 bits per heavy atom. The monoisotopic (exact) mass is 245 g/mol. The molecule has 3 nitrogen and oxygen atoms in total. The maximum Gasteiger partial charge on any atom is 0.0841 e. The summed E-state index contributed by atoms with van der Waals surface area (Å²) >= 11 is 0. The van der Waals surface area contributed by atoms with Crippen LogP contribution in [0.5, 0.6) is 0 Å². The van der Waals surface area contributed by atoms with Crippen molar-refractivity contribution in [2.45, 2.75) is 40.3 Å².